The molecule has 0 bridgehead atoms. The van der Waals surface area contributed by atoms with Gasteiger partial charge in [-0.15, -0.1) is 0 Å². The van der Waals surface area contributed by atoms with Gasteiger partial charge in [-0.25, -0.2) is 30.3 Å². The highest BCUT2D eigenvalue weighted by molar-refractivity contribution is 8.55. The van der Waals surface area contributed by atoms with Crippen molar-refractivity contribution in [2.45, 2.75) is 0 Å². The molecule has 0 aromatic rings. The number of nitro groups is 5. The van der Waals surface area contributed by atoms with Gasteiger partial charge < -0.3 is 0 Å². The van der Waals surface area contributed by atoms with Crippen molar-refractivity contribution < 1.29 is 22.8 Å². The van der Waals surface area contributed by atoms with E-state index in [0.717, 1.165) is 0 Å². The molecule has 0 unspecified atom stereocenters. The van der Waals surface area contributed by atoms with Crippen LogP contribution in [0.1, 0.15) is 0 Å². The summed E-state index contributed by atoms with van der Waals surface area (Å²) < 4.78 is -6.07. The van der Waals surface area contributed by atoms with Gasteiger partial charge in [0.05, 0.1) is 9.85 Å². The van der Waals surface area contributed by atoms with Gasteiger partial charge in [0, 0.05) is 6.08 Å². The van der Waals surface area contributed by atoms with E-state index in [4.69, 9.17) is 0 Å². The van der Waals surface area contributed by atoms with Crippen molar-refractivity contribution in [1.29, 1.82) is 0 Å². The normalized spacial score (nSPS) is 24.0. The van der Waals surface area contributed by atoms with Gasteiger partial charge in [0.2, 0.25) is 0 Å². The topological polar surface area (TPSA) is 216 Å². The standard InChI is InChI=1S/C5H5N5O10S/c1-21(8(15)16,9(17)18,10(19)20)3-2-4(6(11)12)5(21)7(13)14/h2-3H,1H3. The average Bonchev–Trinajstić information content (AvgIpc) is 2.64. The SMILES string of the molecule is CS1([N+](=O)[O-])([N+](=O)[O-])([N+](=O)[O-])C=CC([N+](=O)[O-])=C1[N+](=O)[O-]. The number of rotatable bonds is 5. The van der Waals surface area contributed by atoms with Gasteiger partial charge in [0.15, 0.2) is 13.0 Å². The molecular weight excluding hydrogens is 322 g/mol. The van der Waals surface area contributed by atoms with E-state index in [2.05, 4.69) is 0 Å². The van der Waals surface area contributed by atoms with Crippen LogP contribution in [-0.4, -0.2) is 29.1 Å². The minimum absolute atomic E-state index is 0.0497. The zero-order chi connectivity index (χ0) is 16.9. The van der Waals surface area contributed by atoms with E-state index in [1.807, 2.05) is 0 Å². The molecule has 16 heteroatoms. The first-order valence-electron chi connectivity index (χ1n) is 4.54. The minimum atomic E-state index is -7.47. The van der Waals surface area contributed by atoms with Gasteiger partial charge in [-0.3, -0.25) is 20.2 Å². The van der Waals surface area contributed by atoms with Crippen LogP contribution in [0.4, 0.5) is 0 Å². The molecule has 1 heterocycles. The zero-order valence-corrected chi connectivity index (χ0v) is 10.7. The van der Waals surface area contributed by atoms with Crippen LogP contribution in [0.25, 0.3) is 0 Å². The van der Waals surface area contributed by atoms with Gasteiger partial charge in [-0.05, 0) is 0 Å². The van der Waals surface area contributed by atoms with Crippen LogP contribution < -0.4 is 0 Å². The van der Waals surface area contributed by atoms with Crippen molar-refractivity contribution in [2.24, 2.45) is 0 Å². The fraction of sp³-hybridized carbons (Fsp3) is 0.200. The van der Waals surface area contributed by atoms with Crippen molar-refractivity contribution in [2.75, 3.05) is 6.26 Å². The third-order valence-corrected chi connectivity index (χ3v) is 8.14. The number of allylic oxidation sites excluding steroid dienone is 1. The first-order valence-corrected chi connectivity index (χ1v) is 7.33. The molecule has 1 rings (SSSR count). The van der Waals surface area contributed by atoms with Crippen LogP contribution in [0, 0.1) is 50.6 Å². The van der Waals surface area contributed by atoms with E-state index in [1.54, 1.807) is 0 Å². The summed E-state index contributed by atoms with van der Waals surface area (Å²) >= 11 is 0. The summed E-state index contributed by atoms with van der Waals surface area (Å²) in [5.74, 6) is 0. The lowest BCUT2D eigenvalue weighted by atomic mass is 10.5. The van der Waals surface area contributed by atoms with Crippen LogP contribution in [-0.2, 0) is 0 Å². The lowest BCUT2D eigenvalue weighted by Crippen LogP contribution is -2.54. The van der Waals surface area contributed by atoms with Crippen molar-refractivity contribution in [3.63, 3.8) is 0 Å². The maximum Gasteiger partial charge on any atom is 0.512 e. The predicted octanol–water partition coefficient (Wildman–Crippen LogP) is 0.317. The second-order valence-corrected chi connectivity index (χ2v) is 9.55. The average molecular weight is 327 g/mol. The summed E-state index contributed by atoms with van der Waals surface area (Å²) in [7, 11) is -7.47. The van der Waals surface area contributed by atoms with Crippen molar-refractivity contribution >= 4 is 8.85 Å². The molecule has 0 spiro atoms. The van der Waals surface area contributed by atoms with Gasteiger partial charge >= 0.3 is 19.6 Å². The summed E-state index contributed by atoms with van der Waals surface area (Å²) in [6.07, 6.45) is -0.0980. The van der Waals surface area contributed by atoms with Crippen LogP contribution >= 0.6 is 8.85 Å². The fourth-order valence-corrected chi connectivity index (χ4v) is 4.55. The van der Waals surface area contributed by atoms with Crippen LogP contribution in [0.3, 0.4) is 0 Å². The summed E-state index contributed by atoms with van der Waals surface area (Å²) in [6.45, 7) is 0. The highest BCUT2D eigenvalue weighted by atomic mass is 32.4. The Kier molecular flexibility index (Phi) is 2.63. The third-order valence-electron chi connectivity index (χ3n) is 3.09. The molecule has 0 saturated carbocycles. The second kappa shape index (κ2) is 3.48. The van der Waals surface area contributed by atoms with Crippen molar-refractivity contribution in [3.05, 3.63) is 72.8 Å². The molecule has 116 valence electrons. The van der Waals surface area contributed by atoms with Crippen LogP contribution in [0.5, 0.6) is 0 Å². The molecule has 0 N–H and O–H groups in total. The Morgan fingerprint density at radius 1 is 0.810 bits per heavy atom. The lowest BCUT2D eigenvalue weighted by Gasteiger charge is -2.45. The van der Waals surface area contributed by atoms with Crippen LogP contribution in [0.2, 0.25) is 0 Å². The van der Waals surface area contributed by atoms with Crippen LogP contribution in [0.15, 0.2) is 22.2 Å². The first-order chi connectivity index (χ1) is 9.32. The first kappa shape index (κ1) is 15.9. The molecule has 0 aliphatic carbocycles. The summed E-state index contributed by atoms with van der Waals surface area (Å²) in [5, 5.41) is 53.0. The number of nitrogens with zero attached hydrogens (tertiary/aromatic N) is 5. The fourth-order valence-electron chi connectivity index (χ4n) is 1.67. The largest absolute Gasteiger partial charge is 0.512 e. The van der Waals surface area contributed by atoms with E-state index in [1.165, 1.54) is 0 Å². The summed E-state index contributed by atoms with van der Waals surface area (Å²) in [4.78, 5) is 52.2. The van der Waals surface area contributed by atoms with E-state index >= 15 is 0 Å². The molecule has 0 radical (unpaired) electrons. The molecule has 1 aliphatic heterocycles. The molecular formula is C5H5N5O10S. The van der Waals surface area contributed by atoms with E-state index in [0.29, 0.717) is 0 Å². The Bertz CT molecular complexity index is 680. The van der Waals surface area contributed by atoms with Crippen molar-refractivity contribution in [3.8, 4) is 0 Å². The maximum atomic E-state index is 11.3. The van der Waals surface area contributed by atoms with Gasteiger partial charge in [0.1, 0.15) is 11.7 Å². The monoisotopic (exact) mass is 327 g/mol. The second-order valence-electron chi connectivity index (χ2n) is 4.12. The van der Waals surface area contributed by atoms with E-state index in [-0.39, 0.29) is 17.7 Å². The molecule has 0 aromatic carbocycles. The van der Waals surface area contributed by atoms with Gasteiger partial charge in [-0.2, -0.15) is 0 Å². The Morgan fingerprint density at radius 2 is 1.19 bits per heavy atom. The quantitative estimate of drug-likeness (QED) is 0.497. The third kappa shape index (κ3) is 1.15. The molecule has 0 atom stereocenters. The molecule has 0 saturated heterocycles. The summed E-state index contributed by atoms with van der Waals surface area (Å²) in [5.41, 5.74) is -1.67. The maximum absolute atomic E-state index is 11.3. The number of hydrogen-bond acceptors (Lipinski definition) is 10. The molecule has 0 aromatic heterocycles. The predicted molar refractivity (Wildman–Crippen MR) is 64.7 cm³/mol. The smallest absolute Gasteiger partial charge is 0.258 e. The highest BCUT2D eigenvalue weighted by Crippen LogP contribution is 2.94. The van der Waals surface area contributed by atoms with Crippen molar-refractivity contribution in [1.82, 2.24) is 0 Å². The zero-order valence-electron chi connectivity index (χ0n) is 9.88. The van der Waals surface area contributed by atoms with E-state index in [9.17, 15) is 50.6 Å². The highest BCUT2D eigenvalue weighted by Gasteiger charge is 2.97. The molecule has 0 amide bonds. The van der Waals surface area contributed by atoms with Gasteiger partial charge in [-0.1, -0.05) is 0 Å². The Hall–Kier alpha value is -3.17. The minimum Gasteiger partial charge on any atom is -0.258 e. The summed E-state index contributed by atoms with van der Waals surface area (Å²) in [6, 6.07) is 0. The molecule has 21 heavy (non-hydrogen) atoms. The lowest BCUT2D eigenvalue weighted by molar-refractivity contribution is -0.554. The Labute approximate surface area is 111 Å². The van der Waals surface area contributed by atoms with E-state index < -0.39 is 42.4 Å². The molecule has 0 fully saturated rings. The molecule has 1 aliphatic rings. The Balaban J connectivity index is 4.36. The van der Waals surface area contributed by atoms with Gasteiger partial charge in [0.25, 0.3) is 0 Å². The Morgan fingerprint density at radius 3 is 1.43 bits per heavy atom. The molecule has 15 nitrogen and oxygen atoms in total. The number of hydrogen-bond donors (Lipinski definition) is 0.